The molecule has 1 N–H and O–H groups in total. The maximum atomic E-state index is 5.41. The standard InChI is InChI=1S/C14H15N3O2S2/c1-18-12-5-10-11(6-13(12)19-2)17(14(20)16-10)4-3-9-7-21-8-15-9/h5-8H,3-4H2,1-2H3,(H,16,20). The second-order valence-corrected chi connectivity index (χ2v) is 5.64. The Balaban J connectivity index is 2.01. The van der Waals surface area contributed by atoms with Crippen LogP contribution in [-0.4, -0.2) is 28.8 Å². The van der Waals surface area contributed by atoms with Crippen molar-refractivity contribution in [2.75, 3.05) is 14.2 Å². The van der Waals surface area contributed by atoms with Gasteiger partial charge in [-0.05, 0) is 12.2 Å². The maximum Gasteiger partial charge on any atom is 0.178 e. The minimum absolute atomic E-state index is 0.688. The van der Waals surface area contributed by atoms with Gasteiger partial charge in [-0.1, -0.05) is 0 Å². The lowest BCUT2D eigenvalue weighted by Gasteiger charge is -2.09. The Labute approximate surface area is 131 Å². The number of benzene rings is 1. The van der Waals surface area contributed by atoms with Crippen LogP contribution in [0.3, 0.4) is 0 Å². The van der Waals surface area contributed by atoms with E-state index >= 15 is 0 Å². The maximum absolute atomic E-state index is 5.41. The lowest BCUT2D eigenvalue weighted by atomic mass is 10.2. The highest BCUT2D eigenvalue weighted by Crippen LogP contribution is 2.31. The zero-order chi connectivity index (χ0) is 14.8. The summed E-state index contributed by atoms with van der Waals surface area (Å²) in [5, 5.41) is 2.06. The molecule has 0 bridgehead atoms. The number of methoxy groups -OCH3 is 2. The summed E-state index contributed by atoms with van der Waals surface area (Å²) < 4.78 is 13.4. The Kier molecular flexibility index (Phi) is 3.94. The predicted molar refractivity (Wildman–Crippen MR) is 86.0 cm³/mol. The second kappa shape index (κ2) is 5.87. The van der Waals surface area contributed by atoms with E-state index in [1.165, 1.54) is 0 Å². The average Bonchev–Trinajstić information content (AvgIpc) is 3.10. The van der Waals surface area contributed by atoms with Gasteiger partial charge in [-0.15, -0.1) is 11.3 Å². The largest absolute Gasteiger partial charge is 0.493 e. The first-order valence-corrected chi connectivity index (χ1v) is 7.79. The number of aryl methyl sites for hydroxylation is 2. The van der Waals surface area contributed by atoms with Crippen molar-refractivity contribution in [3.63, 3.8) is 0 Å². The van der Waals surface area contributed by atoms with E-state index < -0.39 is 0 Å². The first-order valence-electron chi connectivity index (χ1n) is 6.44. The van der Waals surface area contributed by atoms with Gasteiger partial charge in [0.15, 0.2) is 16.3 Å². The molecule has 0 saturated heterocycles. The van der Waals surface area contributed by atoms with Crippen LogP contribution in [0.25, 0.3) is 11.0 Å². The summed E-state index contributed by atoms with van der Waals surface area (Å²) in [6.45, 7) is 0.776. The van der Waals surface area contributed by atoms with Crippen molar-refractivity contribution < 1.29 is 9.47 Å². The summed E-state index contributed by atoms with van der Waals surface area (Å²) in [5.41, 5.74) is 4.87. The van der Waals surface area contributed by atoms with E-state index in [0.29, 0.717) is 16.3 Å². The molecular formula is C14H15N3O2S2. The number of hydrogen-bond donors (Lipinski definition) is 1. The van der Waals surface area contributed by atoms with Gasteiger partial charge in [-0.3, -0.25) is 0 Å². The van der Waals surface area contributed by atoms with Crippen molar-refractivity contribution in [1.82, 2.24) is 14.5 Å². The monoisotopic (exact) mass is 321 g/mol. The highest BCUT2D eigenvalue weighted by atomic mass is 32.1. The van der Waals surface area contributed by atoms with Gasteiger partial charge in [-0.2, -0.15) is 0 Å². The molecule has 2 heterocycles. The van der Waals surface area contributed by atoms with E-state index in [2.05, 4.69) is 19.9 Å². The predicted octanol–water partition coefficient (Wildman–Crippen LogP) is 3.42. The topological polar surface area (TPSA) is 52.1 Å². The smallest absolute Gasteiger partial charge is 0.178 e. The van der Waals surface area contributed by atoms with Crippen LogP contribution in [0.1, 0.15) is 5.69 Å². The molecule has 5 nitrogen and oxygen atoms in total. The van der Waals surface area contributed by atoms with Gasteiger partial charge in [0.25, 0.3) is 0 Å². The van der Waals surface area contributed by atoms with E-state index in [-0.39, 0.29) is 0 Å². The van der Waals surface area contributed by atoms with Crippen molar-refractivity contribution in [3.05, 3.63) is 33.5 Å². The van der Waals surface area contributed by atoms with Crippen molar-refractivity contribution in [1.29, 1.82) is 0 Å². The molecule has 0 saturated carbocycles. The second-order valence-electron chi connectivity index (χ2n) is 4.54. The van der Waals surface area contributed by atoms with E-state index in [1.54, 1.807) is 25.6 Å². The summed E-state index contributed by atoms with van der Waals surface area (Å²) in [7, 11) is 3.25. The van der Waals surface area contributed by atoms with E-state index in [1.807, 2.05) is 17.6 Å². The number of nitrogens with zero attached hydrogens (tertiary/aromatic N) is 2. The zero-order valence-corrected chi connectivity index (χ0v) is 13.4. The van der Waals surface area contributed by atoms with Gasteiger partial charge in [-0.25, -0.2) is 4.98 Å². The van der Waals surface area contributed by atoms with Crippen LogP contribution >= 0.6 is 23.6 Å². The van der Waals surface area contributed by atoms with Crippen LogP contribution in [0.2, 0.25) is 0 Å². The Morgan fingerprint density at radius 1 is 1.29 bits per heavy atom. The number of ether oxygens (including phenoxy) is 2. The Bertz CT molecular complexity index is 806. The first kappa shape index (κ1) is 14.1. The lowest BCUT2D eigenvalue weighted by Crippen LogP contribution is -2.02. The van der Waals surface area contributed by atoms with Gasteiger partial charge < -0.3 is 19.0 Å². The molecule has 0 aliphatic heterocycles. The van der Waals surface area contributed by atoms with Crippen molar-refractivity contribution in [3.8, 4) is 11.5 Å². The third kappa shape index (κ3) is 2.66. The Hall–Kier alpha value is -1.86. The summed E-state index contributed by atoms with van der Waals surface area (Å²) in [6, 6.07) is 3.85. The lowest BCUT2D eigenvalue weighted by molar-refractivity contribution is 0.355. The number of thiazole rings is 1. The molecule has 0 fully saturated rings. The highest BCUT2D eigenvalue weighted by molar-refractivity contribution is 7.71. The van der Waals surface area contributed by atoms with Crippen LogP contribution in [-0.2, 0) is 13.0 Å². The van der Waals surface area contributed by atoms with Crippen molar-refractivity contribution in [2.45, 2.75) is 13.0 Å². The summed E-state index contributed by atoms with van der Waals surface area (Å²) >= 11 is 7.02. The Morgan fingerprint density at radius 3 is 2.71 bits per heavy atom. The normalized spacial score (nSPS) is 11.0. The molecule has 0 aliphatic carbocycles. The third-order valence-corrected chi connectivity index (χ3v) is 4.31. The molecule has 0 spiro atoms. The first-order chi connectivity index (χ1) is 10.2. The zero-order valence-electron chi connectivity index (χ0n) is 11.8. The number of aromatic amines is 1. The minimum Gasteiger partial charge on any atom is -0.493 e. The molecule has 7 heteroatoms. The van der Waals surface area contributed by atoms with Gasteiger partial charge in [0, 0.05) is 30.5 Å². The number of rotatable bonds is 5. The molecule has 110 valence electrons. The van der Waals surface area contributed by atoms with Crippen molar-refractivity contribution in [2.24, 2.45) is 0 Å². The highest BCUT2D eigenvalue weighted by Gasteiger charge is 2.11. The molecule has 0 aliphatic rings. The number of H-pyrrole nitrogens is 1. The number of imidazole rings is 1. The molecular weight excluding hydrogens is 306 g/mol. The molecule has 3 aromatic rings. The number of aromatic nitrogens is 3. The number of nitrogens with one attached hydrogen (secondary N) is 1. The fraction of sp³-hybridized carbons (Fsp3) is 0.286. The van der Waals surface area contributed by atoms with Crippen LogP contribution in [0.5, 0.6) is 11.5 Å². The average molecular weight is 321 g/mol. The van der Waals surface area contributed by atoms with Gasteiger partial charge in [0.2, 0.25) is 0 Å². The SMILES string of the molecule is COc1cc2[nH]c(=S)n(CCc3cscn3)c2cc1OC. The van der Waals surface area contributed by atoms with Crippen LogP contribution in [0, 0.1) is 4.77 Å². The molecule has 0 amide bonds. The molecule has 0 atom stereocenters. The number of hydrogen-bond acceptors (Lipinski definition) is 5. The van der Waals surface area contributed by atoms with E-state index in [4.69, 9.17) is 21.7 Å². The van der Waals surface area contributed by atoms with Gasteiger partial charge in [0.1, 0.15) is 0 Å². The van der Waals surface area contributed by atoms with Gasteiger partial charge >= 0.3 is 0 Å². The molecule has 1 aromatic carbocycles. The summed E-state index contributed by atoms with van der Waals surface area (Å²) in [6.07, 6.45) is 0.846. The summed E-state index contributed by atoms with van der Waals surface area (Å²) in [5.74, 6) is 1.38. The van der Waals surface area contributed by atoms with Crippen LogP contribution < -0.4 is 9.47 Å². The molecule has 0 radical (unpaired) electrons. The summed E-state index contributed by atoms with van der Waals surface area (Å²) in [4.78, 5) is 7.51. The molecule has 3 rings (SSSR count). The van der Waals surface area contributed by atoms with E-state index in [0.717, 1.165) is 29.7 Å². The van der Waals surface area contributed by atoms with E-state index in [9.17, 15) is 0 Å². The minimum atomic E-state index is 0.688. The van der Waals surface area contributed by atoms with Gasteiger partial charge in [0.05, 0.1) is 36.5 Å². The quantitative estimate of drug-likeness (QED) is 0.732. The molecule has 0 unspecified atom stereocenters. The van der Waals surface area contributed by atoms with Crippen LogP contribution in [0.15, 0.2) is 23.0 Å². The third-order valence-electron chi connectivity index (χ3n) is 3.35. The molecule has 21 heavy (non-hydrogen) atoms. The van der Waals surface area contributed by atoms with Crippen molar-refractivity contribution >= 4 is 34.6 Å². The fourth-order valence-corrected chi connectivity index (χ4v) is 3.19. The Morgan fingerprint density at radius 2 is 2.05 bits per heavy atom. The molecule has 2 aromatic heterocycles. The fourth-order valence-electron chi connectivity index (χ4n) is 2.29. The van der Waals surface area contributed by atoms with Crippen LogP contribution in [0.4, 0.5) is 0 Å². The number of fused-ring (bicyclic) bond motifs is 1.